The molecule has 124 valence electrons. The smallest absolute Gasteiger partial charge is 0.416 e. The predicted octanol–water partition coefficient (Wildman–Crippen LogP) is 2.21. The van der Waals surface area contributed by atoms with Crippen LogP contribution >= 0.6 is 0 Å². The molecule has 0 aliphatic heterocycles. The van der Waals surface area contributed by atoms with E-state index in [0.29, 0.717) is 4.68 Å². The maximum atomic E-state index is 12.9. The Morgan fingerprint density at radius 3 is 2.57 bits per heavy atom. The molecular weight excluding hydrogens is 317 g/mol. The lowest BCUT2D eigenvalue weighted by molar-refractivity contribution is -0.138. The summed E-state index contributed by atoms with van der Waals surface area (Å²) in [5.41, 5.74) is -1.63. The number of aliphatic carboxylic acids is 1. The molecule has 0 bridgehead atoms. The molecule has 0 aliphatic rings. The van der Waals surface area contributed by atoms with E-state index in [4.69, 9.17) is 9.84 Å². The van der Waals surface area contributed by atoms with Gasteiger partial charge in [0.1, 0.15) is 6.54 Å². The highest BCUT2D eigenvalue weighted by Crippen LogP contribution is 2.32. The molecular formula is C14H13F3N2O4. The number of hydrogen-bond acceptors (Lipinski definition) is 4. The van der Waals surface area contributed by atoms with Crippen molar-refractivity contribution >= 4 is 16.7 Å². The topological polar surface area (TPSA) is 81.4 Å². The number of carboxylic acids is 1. The average Bonchev–Trinajstić information content (AvgIpc) is 2.47. The van der Waals surface area contributed by atoms with Crippen molar-refractivity contribution in [3.05, 3.63) is 39.8 Å². The summed E-state index contributed by atoms with van der Waals surface area (Å²) in [6.07, 6.45) is -5.29. The van der Waals surface area contributed by atoms with Crippen LogP contribution in [0.25, 0.3) is 10.8 Å². The Kier molecular flexibility index (Phi) is 4.42. The number of nitrogens with zero attached hydrogens (tertiary/aromatic N) is 2. The van der Waals surface area contributed by atoms with E-state index in [1.807, 2.05) is 0 Å². The fraction of sp³-hybridized carbons (Fsp3) is 0.357. The zero-order valence-electron chi connectivity index (χ0n) is 12.2. The molecule has 23 heavy (non-hydrogen) atoms. The van der Waals surface area contributed by atoms with Crippen LogP contribution in [0, 0.1) is 0 Å². The largest absolute Gasteiger partial charge is 0.480 e. The molecule has 0 spiro atoms. The van der Waals surface area contributed by atoms with Gasteiger partial charge in [-0.25, -0.2) is 4.68 Å². The molecule has 0 saturated carbocycles. The van der Waals surface area contributed by atoms with E-state index in [0.717, 1.165) is 18.2 Å². The van der Waals surface area contributed by atoms with Crippen molar-refractivity contribution in [1.82, 2.24) is 9.78 Å². The van der Waals surface area contributed by atoms with E-state index < -0.39 is 35.9 Å². The van der Waals surface area contributed by atoms with E-state index in [2.05, 4.69) is 5.10 Å². The Bertz CT molecular complexity index is 814. The lowest BCUT2D eigenvalue weighted by atomic mass is 10.0. The highest BCUT2D eigenvalue weighted by molar-refractivity contribution is 5.85. The van der Waals surface area contributed by atoms with E-state index in [1.54, 1.807) is 0 Å². The minimum absolute atomic E-state index is 0.0131. The Morgan fingerprint density at radius 1 is 1.39 bits per heavy atom. The molecule has 9 heteroatoms. The molecule has 2 rings (SSSR count). The van der Waals surface area contributed by atoms with E-state index in [1.165, 1.54) is 14.0 Å². The quantitative estimate of drug-likeness (QED) is 0.929. The Hall–Kier alpha value is -2.42. The van der Waals surface area contributed by atoms with Gasteiger partial charge in [0.05, 0.1) is 22.7 Å². The van der Waals surface area contributed by atoms with Crippen LogP contribution in [0.1, 0.15) is 24.3 Å². The van der Waals surface area contributed by atoms with E-state index >= 15 is 0 Å². The minimum atomic E-state index is -4.57. The third-order valence-electron chi connectivity index (χ3n) is 3.34. The molecule has 1 heterocycles. The lowest BCUT2D eigenvalue weighted by Gasteiger charge is -2.15. The summed E-state index contributed by atoms with van der Waals surface area (Å²) in [7, 11) is 1.33. The van der Waals surface area contributed by atoms with Crippen molar-refractivity contribution in [3.63, 3.8) is 0 Å². The normalized spacial score (nSPS) is 13.3. The zero-order chi connectivity index (χ0) is 17.4. The van der Waals surface area contributed by atoms with Crippen LogP contribution in [0.5, 0.6) is 0 Å². The molecule has 1 atom stereocenters. The molecule has 1 aromatic carbocycles. The SMILES string of the molecule is COC(C)c1nn(CC(=O)O)c(=O)c2ccc(C(F)(F)F)cc12. The first-order valence-electron chi connectivity index (χ1n) is 6.51. The molecule has 1 N–H and O–H groups in total. The number of ether oxygens (including phenoxy) is 1. The van der Waals surface area contributed by atoms with Crippen LogP contribution < -0.4 is 5.56 Å². The summed E-state index contributed by atoms with van der Waals surface area (Å²) in [5, 5.41) is 12.6. The first kappa shape index (κ1) is 16.9. The molecule has 0 radical (unpaired) electrons. The summed E-state index contributed by atoms with van der Waals surface area (Å²) in [6, 6.07) is 2.61. The second-order valence-corrected chi connectivity index (χ2v) is 4.88. The number of benzene rings is 1. The van der Waals surface area contributed by atoms with Crippen LogP contribution in [-0.2, 0) is 22.3 Å². The number of carboxylic acid groups (broad SMARTS) is 1. The average molecular weight is 330 g/mol. The Morgan fingerprint density at radius 2 is 2.04 bits per heavy atom. The number of halogens is 3. The number of rotatable bonds is 4. The van der Waals surface area contributed by atoms with Crippen LogP contribution in [0.2, 0.25) is 0 Å². The van der Waals surface area contributed by atoms with Gasteiger partial charge in [-0.15, -0.1) is 0 Å². The molecule has 2 aromatic rings. The van der Waals surface area contributed by atoms with Gasteiger partial charge >= 0.3 is 12.1 Å². The van der Waals surface area contributed by atoms with Crippen molar-refractivity contribution in [3.8, 4) is 0 Å². The third-order valence-corrected chi connectivity index (χ3v) is 3.34. The molecule has 0 amide bonds. The first-order chi connectivity index (χ1) is 10.6. The number of fused-ring (bicyclic) bond motifs is 1. The van der Waals surface area contributed by atoms with Crippen molar-refractivity contribution in [2.75, 3.05) is 7.11 Å². The number of aromatic nitrogens is 2. The van der Waals surface area contributed by atoms with Gasteiger partial charge in [0, 0.05) is 12.5 Å². The van der Waals surface area contributed by atoms with Crippen molar-refractivity contribution in [2.45, 2.75) is 25.7 Å². The van der Waals surface area contributed by atoms with Gasteiger partial charge in [-0.05, 0) is 25.1 Å². The standard InChI is InChI=1S/C14H13F3N2O4/c1-7(23-2)12-10-5-8(14(15,16)17)3-4-9(10)13(22)19(18-12)6-11(20)21/h3-5,7H,6H2,1-2H3,(H,20,21). The second-order valence-electron chi connectivity index (χ2n) is 4.88. The Labute approximate surface area is 128 Å². The van der Waals surface area contributed by atoms with E-state index in [9.17, 15) is 22.8 Å². The van der Waals surface area contributed by atoms with E-state index in [-0.39, 0.29) is 16.5 Å². The van der Waals surface area contributed by atoms with Gasteiger partial charge in [0.25, 0.3) is 5.56 Å². The molecule has 0 aliphatic carbocycles. The number of carbonyl (C=O) groups is 1. The van der Waals surface area contributed by atoms with Crippen molar-refractivity contribution in [2.24, 2.45) is 0 Å². The van der Waals surface area contributed by atoms with Gasteiger partial charge in [0.2, 0.25) is 0 Å². The van der Waals surface area contributed by atoms with Crippen LogP contribution in [0.15, 0.2) is 23.0 Å². The summed E-state index contributed by atoms with van der Waals surface area (Å²) < 4.78 is 44.4. The number of methoxy groups -OCH3 is 1. The fourth-order valence-electron chi connectivity index (χ4n) is 2.13. The maximum absolute atomic E-state index is 12.9. The summed E-state index contributed by atoms with van der Waals surface area (Å²) in [6.45, 7) is 0.844. The van der Waals surface area contributed by atoms with Crippen LogP contribution in [0.4, 0.5) is 13.2 Å². The fourth-order valence-corrected chi connectivity index (χ4v) is 2.13. The summed E-state index contributed by atoms with van der Waals surface area (Å²) in [5.74, 6) is -1.29. The highest BCUT2D eigenvalue weighted by Gasteiger charge is 2.31. The second kappa shape index (κ2) is 5.99. The molecule has 0 saturated heterocycles. The van der Waals surface area contributed by atoms with Gasteiger partial charge in [-0.3, -0.25) is 9.59 Å². The summed E-state index contributed by atoms with van der Waals surface area (Å²) in [4.78, 5) is 23.0. The minimum Gasteiger partial charge on any atom is -0.480 e. The van der Waals surface area contributed by atoms with Crippen molar-refractivity contribution in [1.29, 1.82) is 0 Å². The highest BCUT2D eigenvalue weighted by atomic mass is 19.4. The zero-order valence-corrected chi connectivity index (χ0v) is 12.2. The molecule has 1 aromatic heterocycles. The van der Waals surface area contributed by atoms with Gasteiger partial charge in [-0.2, -0.15) is 18.3 Å². The van der Waals surface area contributed by atoms with Gasteiger partial charge in [-0.1, -0.05) is 0 Å². The summed E-state index contributed by atoms with van der Waals surface area (Å²) >= 11 is 0. The number of hydrogen-bond donors (Lipinski definition) is 1. The van der Waals surface area contributed by atoms with Crippen LogP contribution in [0.3, 0.4) is 0 Å². The van der Waals surface area contributed by atoms with Crippen molar-refractivity contribution < 1.29 is 27.8 Å². The maximum Gasteiger partial charge on any atom is 0.416 e. The lowest BCUT2D eigenvalue weighted by Crippen LogP contribution is -2.28. The molecule has 0 fully saturated rings. The first-order valence-corrected chi connectivity index (χ1v) is 6.51. The monoisotopic (exact) mass is 330 g/mol. The Balaban J connectivity index is 2.82. The molecule has 6 nitrogen and oxygen atoms in total. The van der Waals surface area contributed by atoms with Crippen LogP contribution in [-0.4, -0.2) is 28.0 Å². The predicted molar refractivity (Wildman–Crippen MR) is 74.1 cm³/mol. The van der Waals surface area contributed by atoms with Gasteiger partial charge in [0.15, 0.2) is 0 Å². The molecule has 1 unspecified atom stereocenters. The van der Waals surface area contributed by atoms with Gasteiger partial charge < -0.3 is 9.84 Å². The number of alkyl halides is 3. The third kappa shape index (κ3) is 3.34.